The standard InChI is InChI=1S/C28H52Si2/c1-9-11-13-15-17-19-25-21-28(24-30(6,7)8)26(20-18-16-14-12-10-2)22-27(25)23-29(3,4)5/h19-20,23-24H,9-18,21-22H2,1-8H3. The first kappa shape index (κ1) is 27.4. The summed E-state index contributed by atoms with van der Waals surface area (Å²) >= 11 is 0. The van der Waals surface area contributed by atoms with Crippen molar-refractivity contribution < 1.29 is 0 Å². The second-order valence-corrected chi connectivity index (χ2v) is 21.6. The van der Waals surface area contributed by atoms with E-state index in [9.17, 15) is 0 Å². The monoisotopic (exact) mass is 444 g/mol. The highest BCUT2D eigenvalue weighted by Crippen LogP contribution is 2.39. The average molecular weight is 445 g/mol. The van der Waals surface area contributed by atoms with E-state index in [1.165, 1.54) is 77.0 Å². The molecule has 1 aliphatic carbocycles. The Morgan fingerprint density at radius 3 is 1.20 bits per heavy atom. The maximum absolute atomic E-state index is 2.70. The third-order valence-electron chi connectivity index (χ3n) is 5.70. The number of allylic oxidation sites excluding steroid dienone is 6. The van der Waals surface area contributed by atoms with E-state index in [0.29, 0.717) is 0 Å². The van der Waals surface area contributed by atoms with Crippen molar-refractivity contribution in [3.05, 3.63) is 45.8 Å². The van der Waals surface area contributed by atoms with Gasteiger partial charge < -0.3 is 0 Å². The fourth-order valence-electron chi connectivity index (χ4n) is 4.30. The van der Waals surface area contributed by atoms with Gasteiger partial charge in [0.15, 0.2) is 0 Å². The van der Waals surface area contributed by atoms with Gasteiger partial charge in [0.05, 0.1) is 16.1 Å². The van der Waals surface area contributed by atoms with Gasteiger partial charge in [0.25, 0.3) is 0 Å². The zero-order valence-electron chi connectivity index (χ0n) is 21.8. The van der Waals surface area contributed by atoms with Gasteiger partial charge in [-0.05, 0) is 60.8 Å². The van der Waals surface area contributed by atoms with Crippen LogP contribution < -0.4 is 0 Å². The predicted octanol–water partition coefficient (Wildman–Crippen LogP) is 10.2. The fraction of sp³-hybridized carbons (Fsp3) is 0.714. The Kier molecular flexibility index (Phi) is 12.6. The summed E-state index contributed by atoms with van der Waals surface area (Å²) in [6.45, 7) is 19.5. The Morgan fingerprint density at radius 1 is 0.533 bits per heavy atom. The molecule has 1 rings (SSSR count). The second-order valence-electron chi connectivity index (χ2n) is 11.6. The Hall–Kier alpha value is -0.606. The van der Waals surface area contributed by atoms with Crippen molar-refractivity contribution in [2.24, 2.45) is 0 Å². The highest BCUT2D eigenvalue weighted by atomic mass is 28.3. The minimum atomic E-state index is -1.23. The predicted molar refractivity (Wildman–Crippen MR) is 146 cm³/mol. The van der Waals surface area contributed by atoms with E-state index in [0.717, 1.165) is 0 Å². The first-order valence-corrected chi connectivity index (χ1v) is 20.0. The lowest BCUT2D eigenvalue weighted by Crippen LogP contribution is -2.21. The van der Waals surface area contributed by atoms with E-state index in [2.05, 4.69) is 76.7 Å². The molecule has 0 heterocycles. The highest BCUT2D eigenvalue weighted by Gasteiger charge is 2.24. The Morgan fingerprint density at radius 2 is 0.900 bits per heavy atom. The third-order valence-corrected chi connectivity index (χ3v) is 8.13. The molecule has 172 valence electrons. The van der Waals surface area contributed by atoms with Crippen molar-refractivity contribution in [2.45, 2.75) is 130 Å². The molecule has 0 nitrogen and oxygen atoms in total. The summed E-state index contributed by atoms with van der Waals surface area (Å²) in [5, 5.41) is 0. The van der Waals surface area contributed by atoms with Crippen LogP contribution in [0, 0.1) is 0 Å². The van der Waals surface area contributed by atoms with Gasteiger partial charge in [0.1, 0.15) is 0 Å². The van der Waals surface area contributed by atoms with Crippen LogP contribution in [-0.2, 0) is 0 Å². The van der Waals surface area contributed by atoms with E-state index in [1.807, 2.05) is 0 Å². The van der Waals surface area contributed by atoms with Crippen molar-refractivity contribution in [2.75, 3.05) is 0 Å². The van der Waals surface area contributed by atoms with Crippen LogP contribution in [0.2, 0.25) is 39.3 Å². The van der Waals surface area contributed by atoms with Crippen LogP contribution in [0.4, 0.5) is 0 Å². The molecule has 2 heteroatoms. The lowest BCUT2D eigenvalue weighted by Gasteiger charge is -2.29. The third kappa shape index (κ3) is 12.3. The van der Waals surface area contributed by atoms with Gasteiger partial charge in [-0.3, -0.25) is 0 Å². The summed E-state index contributed by atoms with van der Waals surface area (Å²) in [6.07, 6.45) is 21.0. The number of rotatable bonds is 12. The first-order chi connectivity index (χ1) is 14.1. The summed E-state index contributed by atoms with van der Waals surface area (Å²) in [4.78, 5) is 0. The van der Waals surface area contributed by atoms with Crippen molar-refractivity contribution in [1.82, 2.24) is 0 Å². The lowest BCUT2D eigenvalue weighted by molar-refractivity contribution is 0.671. The molecule has 0 spiro atoms. The van der Waals surface area contributed by atoms with Crippen molar-refractivity contribution >= 4 is 16.1 Å². The molecule has 1 saturated carbocycles. The van der Waals surface area contributed by atoms with Crippen LogP contribution >= 0.6 is 0 Å². The number of hydrogen-bond donors (Lipinski definition) is 0. The van der Waals surface area contributed by atoms with E-state index in [4.69, 9.17) is 0 Å². The summed E-state index contributed by atoms with van der Waals surface area (Å²) < 4.78 is 0. The molecule has 0 radical (unpaired) electrons. The molecule has 0 saturated heterocycles. The molecule has 30 heavy (non-hydrogen) atoms. The molecule has 0 bridgehead atoms. The average Bonchev–Trinajstić information content (AvgIpc) is 2.61. The Labute approximate surface area is 192 Å². The molecule has 0 N–H and O–H groups in total. The largest absolute Gasteiger partial charge is 0.0913 e. The van der Waals surface area contributed by atoms with E-state index < -0.39 is 16.1 Å². The van der Waals surface area contributed by atoms with Gasteiger partial charge in [-0.2, -0.15) is 0 Å². The smallest absolute Gasteiger partial charge is 0.0690 e. The van der Waals surface area contributed by atoms with Gasteiger partial charge in [-0.1, -0.05) is 115 Å². The first-order valence-electron chi connectivity index (χ1n) is 12.9. The summed E-state index contributed by atoms with van der Waals surface area (Å²) in [7, 11) is -2.47. The van der Waals surface area contributed by atoms with Crippen LogP contribution in [0.5, 0.6) is 0 Å². The molecule has 1 fully saturated rings. The lowest BCUT2D eigenvalue weighted by atomic mass is 9.82. The van der Waals surface area contributed by atoms with Crippen LogP contribution in [-0.4, -0.2) is 16.1 Å². The maximum atomic E-state index is 2.70. The molecule has 1 aliphatic rings. The molecule has 0 atom stereocenters. The number of hydrogen-bond acceptors (Lipinski definition) is 0. The van der Waals surface area contributed by atoms with Gasteiger partial charge in [-0.15, -0.1) is 0 Å². The van der Waals surface area contributed by atoms with Crippen molar-refractivity contribution in [3.63, 3.8) is 0 Å². The zero-order chi connectivity index (χ0) is 22.6. The van der Waals surface area contributed by atoms with E-state index >= 15 is 0 Å². The molecular weight excluding hydrogens is 392 g/mol. The van der Waals surface area contributed by atoms with Crippen LogP contribution in [0.25, 0.3) is 0 Å². The Bertz CT molecular complexity index is 562. The highest BCUT2D eigenvalue weighted by molar-refractivity contribution is 6.81. The quantitative estimate of drug-likeness (QED) is 0.207. The van der Waals surface area contributed by atoms with Crippen molar-refractivity contribution in [3.8, 4) is 0 Å². The fourth-order valence-corrected chi connectivity index (χ4v) is 6.96. The van der Waals surface area contributed by atoms with Gasteiger partial charge in [0.2, 0.25) is 0 Å². The Balaban J connectivity index is 3.13. The van der Waals surface area contributed by atoms with E-state index in [1.54, 1.807) is 22.3 Å². The van der Waals surface area contributed by atoms with Crippen LogP contribution in [0.1, 0.15) is 90.9 Å². The second kappa shape index (κ2) is 13.7. The normalized spacial score (nSPS) is 21.3. The summed E-state index contributed by atoms with van der Waals surface area (Å²) in [6, 6.07) is 0. The SMILES string of the molecule is CCCCCCC=C1CC(=C[Si](C)(C)C)C(=CCCCCCC)CC1=C[Si](C)(C)C. The van der Waals surface area contributed by atoms with Gasteiger partial charge in [0, 0.05) is 0 Å². The van der Waals surface area contributed by atoms with Crippen LogP contribution in [0.15, 0.2) is 45.8 Å². The molecule has 0 amide bonds. The molecule has 0 unspecified atom stereocenters. The molecular formula is C28H52Si2. The molecule has 0 aromatic heterocycles. The topological polar surface area (TPSA) is 0 Å². The maximum Gasteiger partial charge on any atom is 0.0690 e. The van der Waals surface area contributed by atoms with Gasteiger partial charge >= 0.3 is 0 Å². The molecule has 0 aliphatic heterocycles. The van der Waals surface area contributed by atoms with Crippen molar-refractivity contribution in [1.29, 1.82) is 0 Å². The molecule has 0 aromatic carbocycles. The zero-order valence-corrected chi connectivity index (χ0v) is 23.8. The minimum absolute atomic E-state index is 1.18. The van der Waals surface area contributed by atoms with E-state index in [-0.39, 0.29) is 0 Å². The molecule has 0 aromatic rings. The van der Waals surface area contributed by atoms with Crippen LogP contribution in [0.3, 0.4) is 0 Å². The minimum Gasteiger partial charge on any atom is -0.0913 e. The van der Waals surface area contributed by atoms with Gasteiger partial charge in [-0.25, -0.2) is 0 Å². The summed E-state index contributed by atoms with van der Waals surface area (Å²) in [5.74, 6) is 0. The number of unbranched alkanes of at least 4 members (excludes halogenated alkanes) is 8. The summed E-state index contributed by atoms with van der Waals surface area (Å²) in [5.41, 5.74) is 12.0.